The van der Waals surface area contributed by atoms with Gasteiger partial charge in [0.2, 0.25) is 0 Å². The summed E-state index contributed by atoms with van der Waals surface area (Å²) in [6.45, 7) is 4.39. The number of hydrogen-bond donors (Lipinski definition) is 1. The minimum absolute atomic E-state index is 0.597. The number of aromatic nitrogens is 4. The van der Waals surface area contributed by atoms with E-state index in [-0.39, 0.29) is 0 Å². The van der Waals surface area contributed by atoms with Crippen molar-refractivity contribution in [3.8, 4) is 5.69 Å². The lowest BCUT2D eigenvalue weighted by Crippen LogP contribution is -2.15. The Kier molecular flexibility index (Phi) is 3.19. The van der Waals surface area contributed by atoms with Crippen molar-refractivity contribution in [1.29, 1.82) is 0 Å². The third-order valence-corrected chi connectivity index (χ3v) is 3.87. The van der Waals surface area contributed by atoms with Crippen LogP contribution in [-0.2, 0) is 0 Å². The minimum atomic E-state index is 0.597. The molecule has 1 aromatic heterocycles. The summed E-state index contributed by atoms with van der Waals surface area (Å²) in [5, 5.41) is 15.0. The second-order valence-corrected chi connectivity index (χ2v) is 5.52. The Balaban J connectivity index is 1.81. The van der Waals surface area contributed by atoms with Crippen LogP contribution in [0, 0.1) is 12.8 Å². The number of tetrazole rings is 1. The first kappa shape index (κ1) is 12.1. The van der Waals surface area contributed by atoms with E-state index in [1.807, 2.05) is 0 Å². The van der Waals surface area contributed by atoms with E-state index in [2.05, 4.69) is 52.9 Å². The summed E-state index contributed by atoms with van der Waals surface area (Å²) in [4.78, 5) is 0. The van der Waals surface area contributed by atoms with Crippen LogP contribution in [0.1, 0.15) is 31.7 Å². The van der Waals surface area contributed by atoms with E-state index in [4.69, 9.17) is 0 Å². The van der Waals surface area contributed by atoms with Gasteiger partial charge in [-0.05, 0) is 60.2 Å². The monoisotopic (exact) mass is 257 g/mol. The summed E-state index contributed by atoms with van der Waals surface area (Å²) in [6, 6.07) is 6.96. The third kappa shape index (κ3) is 2.59. The highest BCUT2D eigenvalue weighted by Crippen LogP contribution is 2.28. The predicted molar refractivity (Wildman–Crippen MR) is 74.3 cm³/mol. The standard InChI is InChI=1S/C14H19N5/c1-10-3-5-12(7-10)16-13-6-4-11(2)14(8-13)19-9-15-17-18-19/h4,6,8-10,12,16H,3,5,7H2,1-2H3. The van der Waals surface area contributed by atoms with Crippen LogP contribution >= 0.6 is 0 Å². The van der Waals surface area contributed by atoms with Crippen molar-refractivity contribution in [3.63, 3.8) is 0 Å². The van der Waals surface area contributed by atoms with Crippen LogP contribution in [0.15, 0.2) is 24.5 Å². The Morgan fingerprint density at radius 2 is 2.21 bits per heavy atom. The zero-order valence-corrected chi connectivity index (χ0v) is 11.4. The predicted octanol–water partition coefficient (Wildman–Crippen LogP) is 2.57. The van der Waals surface area contributed by atoms with Crippen molar-refractivity contribution in [2.24, 2.45) is 5.92 Å². The summed E-state index contributed by atoms with van der Waals surface area (Å²) >= 11 is 0. The lowest BCUT2D eigenvalue weighted by molar-refractivity contribution is 0.602. The molecule has 0 saturated heterocycles. The minimum Gasteiger partial charge on any atom is -0.382 e. The first-order valence-corrected chi connectivity index (χ1v) is 6.83. The van der Waals surface area contributed by atoms with Crippen LogP contribution in [0.5, 0.6) is 0 Å². The van der Waals surface area contributed by atoms with E-state index >= 15 is 0 Å². The van der Waals surface area contributed by atoms with E-state index in [1.54, 1.807) is 11.0 Å². The van der Waals surface area contributed by atoms with Crippen molar-refractivity contribution in [3.05, 3.63) is 30.1 Å². The van der Waals surface area contributed by atoms with E-state index in [9.17, 15) is 0 Å². The quantitative estimate of drug-likeness (QED) is 0.918. The van der Waals surface area contributed by atoms with Crippen molar-refractivity contribution in [2.75, 3.05) is 5.32 Å². The highest BCUT2D eigenvalue weighted by Gasteiger charge is 2.21. The van der Waals surface area contributed by atoms with Crippen LogP contribution in [0.4, 0.5) is 5.69 Å². The lowest BCUT2D eigenvalue weighted by Gasteiger charge is -2.15. The topological polar surface area (TPSA) is 55.6 Å². The van der Waals surface area contributed by atoms with Crippen molar-refractivity contribution < 1.29 is 0 Å². The number of aryl methyl sites for hydroxylation is 1. The molecule has 1 N–H and O–H groups in total. The summed E-state index contributed by atoms with van der Waals surface area (Å²) < 4.78 is 1.71. The largest absolute Gasteiger partial charge is 0.382 e. The number of anilines is 1. The molecule has 3 rings (SSSR count). The van der Waals surface area contributed by atoms with Gasteiger partial charge in [-0.1, -0.05) is 13.0 Å². The molecule has 1 saturated carbocycles. The van der Waals surface area contributed by atoms with E-state index in [0.29, 0.717) is 6.04 Å². The van der Waals surface area contributed by atoms with Gasteiger partial charge in [0.15, 0.2) is 0 Å². The first-order chi connectivity index (χ1) is 9.22. The highest BCUT2D eigenvalue weighted by atomic mass is 15.5. The van der Waals surface area contributed by atoms with Gasteiger partial charge in [0, 0.05) is 11.7 Å². The molecule has 0 aliphatic heterocycles. The molecule has 1 fully saturated rings. The summed E-state index contributed by atoms with van der Waals surface area (Å²) in [5.41, 5.74) is 3.34. The van der Waals surface area contributed by atoms with Gasteiger partial charge in [-0.2, -0.15) is 0 Å². The number of benzene rings is 1. The maximum atomic E-state index is 3.96. The van der Waals surface area contributed by atoms with Crippen LogP contribution in [0.2, 0.25) is 0 Å². The molecule has 2 atom stereocenters. The molecule has 19 heavy (non-hydrogen) atoms. The molecule has 0 radical (unpaired) electrons. The van der Waals surface area contributed by atoms with Gasteiger partial charge in [0.25, 0.3) is 0 Å². The lowest BCUT2D eigenvalue weighted by atomic mass is 10.1. The van der Waals surface area contributed by atoms with E-state index < -0.39 is 0 Å². The summed E-state index contributed by atoms with van der Waals surface area (Å²) in [5.74, 6) is 0.835. The molecular weight excluding hydrogens is 238 g/mol. The normalized spacial score (nSPS) is 22.6. The summed E-state index contributed by atoms with van der Waals surface area (Å²) in [6.07, 6.45) is 5.47. The molecule has 0 amide bonds. The average Bonchev–Trinajstić information content (AvgIpc) is 3.03. The van der Waals surface area contributed by atoms with Gasteiger partial charge in [-0.25, -0.2) is 4.68 Å². The van der Waals surface area contributed by atoms with Crippen LogP contribution in [0.3, 0.4) is 0 Å². The number of nitrogens with one attached hydrogen (secondary N) is 1. The molecule has 5 heteroatoms. The molecular formula is C14H19N5. The fourth-order valence-electron chi connectivity index (χ4n) is 2.79. The van der Waals surface area contributed by atoms with Gasteiger partial charge in [0.05, 0.1) is 5.69 Å². The Morgan fingerprint density at radius 3 is 2.89 bits per heavy atom. The zero-order chi connectivity index (χ0) is 13.2. The molecule has 100 valence electrons. The van der Waals surface area contributed by atoms with Gasteiger partial charge in [-0.3, -0.25) is 0 Å². The first-order valence-electron chi connectivity index (χ1n) is 6.83. The molecule has 1 aromatic carbocycles. The second-order valence-electron chi connectivity index (χ2n) is 5.52. The SMILES string of the molecule is Cc1ccc(NC2CCC(C)C2)cc1-n1cnnn1. The van der Waals surface area contributed by atoms with Crippen molar-refractivity contribution >= 4 is 5.69 Å². The van der Waals surface area contributed by atoms with Gasteiger partial charge in [-0.15, -0.1) is 5.10 Å². The number of rotatable bonds is 3. The molecule has 2 aromatic rings. The average molecular weight is 257 g/mol. The highest BCUT2D eigenvalue weighted by molar-refractivity contribution is 5.55. The Bertz CT molecular complexity index is 549. The maximum Gasteiger partial charge on any atom is 0.143 e. The van der Waals surface area contributed by atoms with Crippen LogP contribution < -0.4 is 5.32 Å². The van der Waals surface area contributed by atoms with Crippen molar-refractivity contribution in [1.82, 2.24) is 20.2 Å². The van der Waals surface area contributed by atoms with E-state index in [0.717, 1.165) is 22.9 Å². The van der Waals surface area contributed by atoms with Crippen LogP contribution in [-0.4, -0.2) is 26.2 Å². The molecule has 1 heterocycles. The number of nitrogens with zero attached hydrogens (tertiary/aromatic N) is 4. The van der Waals surface area contributed by atoms with E-state index in [1.165, 1.54) is 19.3 Å². The molecule has 0 spiro atoms. The summed E-state index contributed by atoms with van der Waals surface area (Å²) in [7, 11) is 0. The zero-order valence-electron chi connectivity index (χ0n) is 11.4. The Labute approximate surface area is 113 Å². The molecule has 5 nitrogen and oxygen atoms in total. The van der Waals surface area contributed by atoms with Gasteiger partial charge < -0.3 is 5.32 Å². The number of hydrogen-bond acceptors (Lipinski definition) is 4. The molecule has 2 unspecified atom stereocenters. The Hall–Kier alpha value is -1.91. The smallest absolute Gasteiger partial charge is 0.143 e. The third-order valence-electron chi connectivity index (χ3n) is 3.87. The second kappa shape index (κ2) is 4.99. The molecule has 0 bridgehead atoms. The fraction of sp³-hybridized carbons (Fsp3) is 0.500. The maximum absolute atomic E-state index is 3.96. The fourth-order valence-corrected chi connectivity index (χ4v) is 2.79. The van der Waals surface area contributed by atoms with Gasteiger partial charge >= 0.3 is 0 Å². The van der Waals surface area contributed by atoms with Gasteiger partial charge in [0.1, 0.15) is 6.33 Å². The molecule has 1 aliphatic rings. The van der Waals surface area contributed by atoms with Crippen LogP contribution in [0.25, 0.3) is 5.69 Å². The van der Waals surface area contributed by atoms with Crippen molar-refractivity contribution in [2.45, 2.75) is 39.2 Å². The molecule has 1 aliphatic carbocycles. The Morgan fingerprint density at radius 1 is 1.32 bits per heavy atom.